The van der Waals surface area contributed by atoms with Crippen molar-refractivity contribution >= 4 is 21.5 Å². The lowest BCUT2D eigenvalue weighted by molar-refractivity contribution is 0.331. The van der Waals surface area contributed by atoms with E-state index in [9.17, 15) is 0 Å². The van der Waals surface area contributed by atoms with Crippen molar-refractivity contribution in [2.75, 3.05) is 0 Å². The second-order valence-corrected chi connectivity index (χ2v) is 10.5. The smallest absolute Gasteiger partial charge is 0.00000595 e. The minimum Gasteiger partial charge on any atom is -0.0654 e. The van der Waals surface area contributed by atoms with Crippen molar-refractivity contribution in [3.8, 4) is 0 Å². The van der Waals surface area contributed by atoms with E-state index in [2.05, 4.69) is 62.4 Å². The van der Waals surface area contributed by atoms with E-state index < -0.39 is 0 Å². The predicted octanol–water partition coefficient (Wildman–Crippen LogP) is 10.3. The van der Waals surface area contributed by atoms with E-state index in [1.807, 2.05) is 0 Å². The molecule has 172 valence electrons. The Hall–Kier alpha value is -1.82. The summed E-state index contributed by atoms with van der Waals surface area (Å²) in [6, 6.07) is 18.9. The molecule has 0 atom stereocenters. The Labute approximate surface area is 196 Å². The highest BCUT2D eigenvalue weighted by Gasteiger charge is 2.36. The number of hydrogen-bond acceptors (Lipinski definition) is 0. The molecule has 1 aliphatic carbocycles. The molecule has 0 aliphatic heterocycles. The van der Waals surface area contributed by atoms with Crippen LogP contribution >= 0.6 is 0 Å². The van der Waals surface area contributed by atoms with Crippen LogP contribution in [0.2, 0.25) is 0 Å². The summed E-state index contributed by atoms with van der Waals surface area (Å²) < 4.78 is 0. The molecule has 0 aromatic heterocycles. The average Bonchev–Trinajstić information content (AvgIpc) is 2.82. The fourth-order valence-electron chi connectivity index (χ4n) is 6.34. The van der Waals surface area contributed by atoms with E-state index in [1.54, 1.807) is 21.9 Å². The van der Waals surface area contributed by atoms with E-state index in [1.165, 1.54) is 107 Å². The number of hydrogen-bond donors (Lipinski definition) is 0. The minimum absolute atomic E-state index is 0.331. The molecule has 0 saturated carbocycles. The molecule has 0 N–H and O–H groups in total. The molecular formula is C32H44. The predicted molar refractivity (Wildman–Crippen MR) is 143 cm³/mol. The zero-order valence-corrected chi connectivity index (χ0v) is 20.7. The summed E-state index contributed by atoms with van der Waals surface area (Å²) in [5, 5.41) is 5.98. The number of rotatable bonds is 14. The van der Waals surface area contributed by atoms with Crippen LogP contribution in [0.25, 0.3) is 21.5 Å². The lowest BCUT2D eigenvalue weighted by Gasteiger charge is -2.40. The van der Waals surface area contributed by atoms with Crippen LogP contribution in [-0.4, -0.2) is 0 Å². The zero-order valence-electron chi connectivity index (χ0n) is 20.7. The highest BCUT2D eigenvalue weighted by atomic mass is 14.4. The monoisotopic (exact) mass is 428 g/mol. The molecule has 0 heterocycles. The van der Waals surface area contributed by atoms with Crippen molar-refractivity contribution in [1.29, 1.82) is 0 Å². The van der Waals surface area contributed by atoms with E-state index in [-0.39, 0.29) is 0 Å². The third kappa shape index (κ3) is 5.05. The highest BCUT2D eigenvalue weighted by molar-refractivity contribution is 6.12. The second-order valence-electron chi connectivity index (χ2n) is 10.5. The Morgan fingerprint density at radius 1 is 0.562 bits per heavy atom. The molecule has 0 heteroatoms. The first-order valence-electron chi connectivity index (χ1n) is 13.7. The molecule has 3 aromatic rings. The average molecular weight is 429 g/mol. The molecule has 4 rings (SSSR count). The lowest BCUT2D eigenvalue weighted by Crippen LogP contribution is -2.32. The largest absolute Gasteiger partial charge is 0.0654 e. The van der Waals surface area contributed by atoms with E-state index in [0.717, 1.165) is 0 Å². The second kappa shape index (κ2) is 11.4. The van der Waals surface area contributed by atoms with Crippen molar-refractivity contribution in [3.63, 3.8) is 0 Å². The van der Waals surface area contributed by atoms with Gasteiger partial charge >= 0.3 is 0 Å². The Morgan fingerprint density at radius 3 is 1.72 bits per heavy atom. The SMILES string of the molecule is CCCCCCCCC1(CCCCCCCC)Cc2cccc3ccc4cccc1c4c23. The summed E-state index contributed by atoms with van der Waals surface area (Å²) in [5.74, 6) is 0. The maximum Gasteiger partial charge on any atom is -0.00000595 e. The molecule has 0 unspecified atom stereocenters. The van der Waals surface area contributed by atoms with Crippen molar-refractivity contribution in [3.05, 3.63) is 59.7 Å². The zero-order chi connectivity index (χ0) is 22.2. The highest BCUT2D eigenvalue weighted by Crippen LogP contribution is 2.48. The maximum absolute atomic E-state index is 2.49. The van der Waals surface area contributed by atoms with Crippen LogP contribution in [0.5, 0.6) is 0 Å². The molecule has 0 spiro atoms. The normalized spacial score (nSPS) is 14.6. The standard InChI is InChI=1S/C32H44/c1-3-5-7-9-11-13-23-32(24-14-12-10-8-6-4-2)25-28-19-15-17-26-21-22-27-18-16-20-29(32)31(27)30(26)28/h15-22H,3-14,23-25H2,1-2H3. The molecule has 32 heavy (non-hydrogen) atoms. The Bertz CT molecular complexity index is 980. The van der Waals surface area contributed by atoms with Crippen LogP contribution in [-0.2, 0) is 11.8 Å². The van der Waals surface area contributed by atoms with E-state index >= 15 is 0 Å². The number of unbranched alkanes of at least 4 members (excludes halogenated alkanes) is 10. The fourth-order valence-corrected chi connectivity index (χ4v) is 6.34. The van der Waals surface area contributed by atoms with Crippen molar-refractivity contribution < 1.29 is 0 Å². The van der Waals surface area contributed by atoms with Gasteiger partial charge in [-0.15, -0.1) is 0 Å². The summed E-state index contributed by atoms with van der Waals surface area (Å²) in [7, 11) is 0. The summed E-state index contributed by atoms with van der Waals surface area (Å²) in [6.07, 6.45) is 20.7. The summed E-state index contributed by atoms with van der Waals surface area (Å²) in [6.45, 7) is 4.63. The van der Waals surface area contributed by atoms with Crippen LogP contribution in [0, 0.1) is 0 Å². The first kappa shape index (κ1) is 23.3. The Balaban J connectivity index is 1.61. The van der Waals surface area contributed by atoms with Crippen molar-refractivity contribution in [2.45, 2.75) is 116 Å². The molecule has 0 radical (unpaired) electrons. The van der Waals surface area contributed by atoms with Crippen LogP contribution in [0.15, 0.2) is 48.5 Å². The first-order chi connectivity index (χ1) is 15.8. The van der Waals surface area contributed by atoms with Crippen LogP contribution in [0.1, 0.15) is 115 Å². The first-order valence-corrected chi connectivity index (χ1v) is 13.7. The van der Waals surface area contributed by atoms with Crippen molar-refractivity contribution in [1.82, 2.24) is 0 Å². The molecule has 0 saturated heterocycles. The summed E-state index contributed by atoms with van der Waals surface area (Å²) in [5.41, 5.74) is 3.60. The molecule has 0 amide bonds. The van der Waals surface area contributed by atoms with Crippen molar-refractivity contribution in [2.24, 2.45) is 0 Å². The van der Waals surface area contributed by atoms with Gasteiger partial charge in [-0.2, -0.15) is 0 Å². The number of benzene rings is 3. The topological polar surface area (TPSA) is 0 Å². The van der Waals surface area contributed by atoms with E-state index in [0.29, 0.717) is 5.41 Å². The quantitative estimate of drug-likeness (QED) is 0.177. The molecule has 0 nitrogen and oxygen atoms in total. The van der Waals surface area contributed by atoms with Gasteiger partial charge in [0.05, 0.1) is 0 Å². The van der Waals surface area contributed by atoms with Gasteiger partial charge in [-0.05, 0) is 57.3 Å². The van der Waals surface area contributed by atoms with Gasteiger partial charge in [-0.25, -0.2) is 0 Å². The molecule has 0 fully saturated rings. The van der Waals surface area contributed by atoms with Crippen LogP contribution in [0.3, 0.4) is 0 Å². The van der Waals surface area contributed by atoms with Gasteiger partial charge in [0, 0.05) is 0 Å². The third-order valence-electron chi connectivity index (χ3n) is 8.09. The van der Waals surface area contributed by atoms with Gasteiger partial charge in [0.1, 0.15) is 0 Å². The molecule has 1 aliphatic rings. The lowest BCUT2D eigenvalue weighted by atomic mass is 9.64. The third-order valence-corrected chi connectivity index (χ3v) is 8.09. The van der Waals surface area contributed by atoms with Gasteiger partial charge in [0.15, 0.2) is 0 Å². The maximum atomic E-state index is 2.49. The Kier molecular flexibility index (Phi) is 8.28. The van der Waals surface area contributed by atoms with Gasteiger partial charge < -0.3 is 0 Å². The molecular weight excluding hydrogens is 384 g/mol. The molecule has 3 aromatic carbocycles. The molecule has 0 bridgehead atoms. The van der Waals surface area contributed by atoms with E-state index in [4.69, 9.17) is 0 Å². The van der Waals surface area contributed by atoms with Gasteiger partial charge in [-0.3, -0.25) is 0 Å². The van der Waals surface area contributed by atoms with Gasteiger partial charge in [0.2, 0.25) is 0 Å². The Morgan fingerprint density at radius 2 is 1.09 bits per heavy atom. The summed E-state index contributed by atoms with van der Waals surface area (Å²) >= 11 is 0. The fraction of sp³-hybridized carbons (Fsp3) is 0.562. The van der Waals surface area contributed by atoms with Gasteiger partial charge in [-0.1, -0.05) is 139 Å². The summed E-state index contributed by atoms with van der Waals surface area (Å²) in [4.78, 5) is 0. The minimum atomic E-state index is 0.331. The van der Waals surface area contributed by atoms with Crippen LogP contribution in [0.4, 0.5) is 0 Å². The van der Waals surface area contributed by atoms with Crippen LogP contribution < -0.4 is 0 Å². The van der Waals surface area contributed by atoms with Gasteiger partial charge in [0.25, 0.3) is 0 Å².